The van der Waals surface area contributed by atoms with Crippen molar-refractivity contribution in [2.75, 3.05) is 11.0 Å². The third-order valence-electron chi connectivity index (χ3n) is 3.45. The molecule has 2 heterocycles. The van der Waals surface area contributed by atoms with Gasteiger partial charge in [-0.2, -0.15) is 0 Å². The van der Waals surface area contributed by atoms with Crippen LogP contribution in [0.2, 0.25) is 0 Å². The first-order valence-electron chi connectivity index (χ1n) is 7.36. The Morgan fingerprint density at radius 1 is 1.27 bits per heavy atom. The largest absolute Gasteiger partial charge is 0.365 e. The molecule has 1 aromatic carbocycles. The van der Waals surface area contributed by atoms with Crippen LogP contribution in [0.3, 0.4) is 0 Å². The number of hydrogen-bond acceptors (Lipinski definition) is 5. The summed E-state index contributed by atoms with van der Waals surface area (Å²) < 4.78 is 26.2. The number of carbonyl (C=O) groups is 1. The van der Waals surface area contributed by atoms with Crippen molar-refractivity contribution < 1.29 is 13.2 Å². The molecule has 2 aromatic heterocycles. The summed E-state index contributed by atoms with van der Waals surface area (Å²) in [6.45, 7) is 0. The second-order valence-electron chi connectivity index (χ2n) is 5.54. The summed E-state index contributed by atoms with van der Waals surface area (Å²) in [6, 6.07) is 10.6. The van der Waals surface area contributed by atoms with Crippen LogP contribution >= 0.6 is 27.3 Å². The molecule has 0 aliphatic carbocycles. The lowest BCUT2D eigenvalue weighted by Gasteiger charge is -2.11. The Morgan fingerprint density at radius 2 is 2.04 bits per heavy atom. The predicted molar refractivity (Wildman–Crippen MR) is 108 cm³/mol. The van der Waals surface area contributed by atoms with Gasteiger partial charge in [0, 0.05) is 27.2 Å². The van der Waals surface area contributed by atoms with Gasteiger partial charge >= 0.3 is 0 Å². The third kappa shape index (κ3) is 4.12. The number of rotatable bonds is 5. The van der Waals surface area contributed by atoms with Gasteiger partial charge in [0.05, 0.1) is 17.6 Å². The van der Waals surface area contributed by atoms with Gasteiger partial charge < -0.3 is 5.73 Å². The zero-order valence-electron chi connectivity index (χ0n) is 13.6. The van der Waals surface area contributed by atoms with Crippen molar-refractivity contribution in [3.05, 3.63) is 57.3 Å². The molecule has 3 aromatic rings. The maximum absolute atomic E-state index is 11.9. The lowest BCUT2D eigenvalue weighted by molar-refractivity contribution is 0.100. The summed E-state index contributed by atoms with van der Waals surface area (Å²) in [4.78, 5) is 16.7. The van der Waals surface area contributed by atoms with Crippen molar-refractivity contribution in [3.8, 4) is 22.4 Å². The molecule has 0 fully saturated rings. The number of anilines is 1. The van der Waals surface area contributed by atoms with E-state index >= 15 is 0 Å². The fraction of sp³-hybridized carbons (Fsp3) is 0.0588. The SMILES string of the molecule is CS(=O)(=O)Nc1cc(Br)cc(-c2c(-c3ccccn3)csc2C(N)=O)c1. The van der Waals surface area contributed by atoms with Gasteiger partial charge in [0.1, 0.15) is 4.88 Å². The van der Waals surface area contributed by atoms with Crippen LogP contribution < -0.4 is 10.5 Å². The standard InChI is InChI=1S/C17H14BrN3O3S2/c1-26(23,24)21-12-7-10(6-11(18)8-12)15-13(9-25-16(15)17(19)22)14-4-2-3-5-20-14/h2-9,21H,1H3,(H2,19,22). The number of primary amides is 1. The van der Waals surface area contributed by atoms with E-state index < -0.39 is 15.9 Å². The zero-order chi connectivity index (χ0) is 18.9. The minimum absolute atomic E-state index is 0.380. The van der Waals surface area contributed by atoms with Crippen LogP contribution in [0.5, 0.6) is 0 Å². The number of nitrogens with two attached hydrogens (primary N) is 1. The number of benzene rings is 1. The summed E-state index contributed by atoms with van der Waals surface area (Å²) >= 11 is 4.62. The first-order chi connectivity index (χ1) is 12.2. The number of nitrogens with one attached hydrogen (secondary N) is 1. The smallest absolute Gasteiger partial charge is 0.259 e. The third-order valence-corrected chi connectivity index (χ3v) is 5.50. The molecule has 9 heteroatoms. The number of thiophene rings is 1. The second kappa shape index (κ2) is 7.18. The predicted octanol–water partition coefficient (Wildman–Crippen LogP) is 3.71. The molecule has 6 nitrogen and oxygen atoms in total. The molecule has 1 amide bonds. The number of pyridine rings is 1. The molecular weight excluding hydrogens is 438 g/mol. The molecule has 0 unspecified atom stereocenters. The number of sulfonamides is 1. The lowest BCUT2D eigenvalue weighted by atomic mass is 9.99. The van der Waals surface area contributed by atoms with Crippen molar-refractivity contribution in [3.63, 3.8) is 0 Å². The van der Waals surface area contributed by atoms with Gasteiger partial charge in [-0.25, -0.2) is 8.42 Å². The highest BCUT2D eigenvalue weighted by Gasteiger charge is 2.20. The Balaban J connectivity index is 2.23. The van der Waals surface area contributed by atoms with Crippen molar-refractivity contribution >= 4 is 48.9 Å². The molecule has 0 saturated heterocycles. The van der Waals surface area contributed by atoms with E-state index in [1.165, 1.54) is 11.3 Å². The summed E-state index contributed by atoms with van der Waals surface area (Å²) in [7, 11) is -3.44. The minimum Gasteiger partial charge on any atom is -0.365 e. The van der Waals surface area contributed by atoms with Crippen LogP contribution in [0.1, 0.15) is 9.67 Å². The number of carbonyl (C=O) groups excluding carboxylic acids is 1. The van der Waals surface area contributed by atoms with Crippen LogP contribution in [-0.4, -0.2) is 25.6 Å². The number of nitrogens with zero attached hydrogens (tertiary/aromatic N) is 1. The van der Waals surface area contributed by atoms with Crippen molar-refractivity contribution in [2.45, 2.75) is 0 Å². The quantitative estimate of drug-likeness (QED) is 0.616. The Bertz CT molecular complexity index is 1080. The first-order valence-corrected chi connectivity index (χ1v) is 10.9. The molecule has 0 aliphatic heterocycles. The van der Waals surface area contributed by atoms with E-state index in [9.17, 15) is 13.2 Å². The molecule has 0 bridgehead atoms. The number of hydrogen-bond donors (Lipinski definition) is 2. The van der Waals surface area contributed by atoms with Gasteiger partial charge in [-0.3, -0.25) is 14.5 Å². The van der Waals surface area contributed by atoms with Gasteiger partial charge in [0.15, 0.2) is 0 Å². The molecule has 3 N–H and O–H groups in total. The lowest BCUT2D eigenvalue weighted by Crippen LogP contribution is -2.11. The molecule has 26 heavy (non-hydrogen) atoms. The van der Waals surface area contributed by atoms with E-state index in [0.717, 1.165) is 11.8 Å². The van der Waals surface area contributed by atoms with Gasteiger partial charge in [0.25, 0.3) is 5.91 Å². The first kappa shape index (κ1) is 18.6. The summed E-state index contributed by atoms with van der Waals surface area (Å²) in [5, 5.41) is 1.82. The molecule has 0 spiro atoms. The minimum atomic E-state index is -3.44. The molecule has 0 aliphatic rings. The van der Waals surface area contributed by atoms with E-state index in [4.69, 9.17) is 5.73 Å². The fourth-order valence-corrected chi connectivity index (χ4v) is 4.52. The van der Waals surface area contributed by atoms with Gasteiger partial charge in [-0.05, 0) is 35.9 Å². The van der Waals surface area contributed by atoms with Crippen LogP contribution in [0, 0.1) is 0 Å². The Kier molecular flexibility index (Phi) is 5.12. The maximum atomic E-state index is 11.9. The monoisotopic (exact) mass is 451 g/mol. The van der Waals surface area contributed by atoms with Gasteiger partial charge in [0.2, 0.25) is 10.0 Å². The second-order valence-corrected chi connectivity index (χ2v) is 9.08. The van der Waals surface area contributed by atoms with Crippen molar-refractivity contribution in [1.82, 2.24) is 4.98 Å². The highest BCUT2D eigenvalue weighted by atomic mass is 79.9. The van der Waals surface area contributed by atoms with Crippen LogP contribution in [0.25, 0.3) is 22.4 Å². The Hall–Kier alpha value is -2.23. The molecular formula is C17H14BrN3O3S2. The Morgan fingerprint density at radius 3 is 2.65 bits per heavy atom. The van der Waals surface area contributed by atoms with E-state index in [2.05, 4.69) is 25.6 Å². The topological polar surface area (TPSA) is 102 Å². The number of aromatic nitrogens is 1. The number of amides is 1. The fourth-order valence-electron chi connectivity index (χ4n) is 2.54. The Labute approximate surface area is 163 Å². The molecule has 134 valence electrons. The van der Waals surface area contributed by atoms with E-state index in [-0.39, 0.29) is 0 Å². The molecule has 3 rings (SSSR count). The van der Waals surface area contributed by atoms with Crippen molar-refractivity contribution in [2.24, 2.45) is 5.73 Å². The van der Waals surface area contributed by atoms with E-state index in [1.54, 1.807) is 30.5 Å². The average molecular weight is 452 g/mol. The van der Waals surface area contributed by atoms with E-state index in [0.29, 0.717) is 31.9 Å². The normalized spacial score (nSPS) is 11.3. The van der Waals surface area contributed by atoms with Gasteiger partial charge in [-0.1, -0.05) is 22.0 Å². The van der Waals surface area contributed by atoms with Crippen LogP contribution in [0.15, 0.2) is 52.4 Å². The number of halogens is 1. The summed E-state index contributed by atoms with van der Waals surface area (Å²) in [5.74, 6) is -0.551. The average Bonchev–Trinajstić information content (AvgIpc) is 2.98. The highest BCUT2D eigenvalue weighted by Crippen LogP contribution is 2.40. The van der Waals surface area contributed by atoms with Crippen LogP contribution in [0.4, 0.5) is 5.69 Å². The van der Waals surface area contributed by atoms with E-state index in [1.807, 2.05) is 17.5 Å². The highest BCUT2D eigenvalue weighted by molar-refractivity contribution is 9.10. The summed E-state index contributed by atoms with van der Waals surface area (Å²) in [6.07, 6.45) is 2.74. The zero-order valence-corrected chi connectivity index (χ0v) is 16.8. The molecule has 0 saturated carbocycles. The van der Waals surface area contributed by atoms with Crippen molar-refractivity contribution in [1.29, 1.82) is 0 Å². The molecule has 0 atom stereocenters. The van der Waals surface area contributed by atoms with Crippen LogP contribution in [-0.2, 0) is 10.0 Å². The summed E-state index contributed by atoms with van der Waals surface area (Å²) in [5.41, 5.74) is 8.66. The van der Waals surface area contributed by atoms with Gasteiger partial charge in [-0.15, -0.1) is 11.3 Å². The molecule has 0 radical (unpaired) electrons. The maximum Gasteiger partial charge on any atom is 0.259 e.